The van der Waals surface area contributed by atoms with Crippen molar-refractivity contribution in [2.24, 2.45) is 5.73 Å². The molecule has 2 N–H and O–H groups in total. The van der Waals surface area contributed by atoms with E-state index in [1.54, 1.807) is 21.3 Å². The molecule has 17 heavy (non-hydrogen) atoms. The van der Waals surface area contributed by atoms with Crippen molar-refractivity contribution in [2.75, 3.05) is 41.0 Å². The number of nitrogens with two attached hydrogens (primary N) is 1. The van der Waals surface area contributed by atoms with Gasteiger partial charge in [0.2, 0.25) is 0 Å². The summed E-state index contributed by atoms with van der Waals surface area (Å²) >= 11 is 0. The Labute approximate surface area is 104 Å². The van der Waals surface area contributed by atoms with Crippen LogP contribution in [0.25, 0.3) is 0 Å². The first-order chi connectivity index (χ1) is 8.24. The molecule has 0 aromatic carbocycles. The first-order valence-corrected chi connectivity index (χ1v) is 6.27. The molecule has 0 spiro atoms. The summed E-state index contributed by atoms with van der Waals surface area (Å²) in [6.45, 7) is 2.72. The quantitative estimate of drug-likeness (QED) is 0.660. The van der Waals surface area contributed by atoms with Crippen molar-refractivity contribution < 1.29 is 14.2 Å². The smallest absolute Gasteiger partial charge is 0.158 e. The molecule has 1 saturated heterocycles. The minimum atomic E-state index is -0.163. The molecule has 0 aromatic rings. The zero-order valence-corrected chi connectivity index (χ0v) is 11.2. The van der Waals surface area contributed by atoms with Gasteiger partial charge < -0.3 is 19.9 Å². The Morgan fingerprint density at radius 3 is 2.18 bits per heavy atom. The number of rotatable bonds is 7. The van der Waals surface area contributed by atoms with E-state index in [9.17, 15) is 0 Å². The lowest BCUT2D eigenvalue weighted by molar-refractivity contribution is -0.118. The summed E-state index contributed by atoms with van der Waals surface area (Å²) in [6.07, 6.45) is 3.23. The van der Waals surface area contributed by atoms with Crippen molar-refractivity contribution in [1.29, 1.82) is 0 Å². The summed E-state index contributed by atoms with van der Waals surface area (Å²) in [5.41, 5.74) is 5.84. The first-order valence-electron chi connectivity index (χ1n) is 6.27. The Balaban J connectivity index is 2.40. The molecule has 1 heterocycles. The molecule has 1 aliphatic heterocycles. The zero-order chi connectivity index (χ0) is 12.7. The molecule has 1 atom stereocenters. The number of hydrogen-bond acceptors (Lipinski definition) is 5. The molecule has 5 nitrogen and oxygen atoms in total. The van der Waals surface area contributed by atoms with Gasteiger partial charge in [0.1, 0.15) is 0 Å². The Morgan fingerprint density at radius 2 is 1.76 bits per heavy atom. The number of ether oxygens (including phenoxy) is 3. The van der Waals surface area contributed by atoms with Crippen molar-refractivity contribution >= 4 is 0 Å². The third kappa shape index (κ3) is 4.52. The third-order valence-corrected chi connectivity index (χ3v) is 3.59. The van der Waals surface area contributed by atoms with Crippen molar-refractivity contribution in [3.63, 3.8) is 0 Å². The SMILES string of the molecule is COC1CCN(C(CN)CC(OC)OC)CC1. The fraction of sp³-hybridized carbons (Fsp3) is 1.00. The van der Waals surface area contributed by atoms with E-state index in [0.717, 1.165) is 32.4 Å². The van der Waals surface area contributed by atoms with Crippen LogP contribution in [0.4, 0.5) is 0 Å². The van der Waals surface area contributed by atoms with Crippen LogP contribution in [-0.2, 0) is 14.2 Å². The first kappa shape index (κ1) is 14.9. The standard InChI is InChI=1S/C12H26N2O3/c1-15-11-4-6-14(7-5-11)10(9-13)8-12(16-2)17-3/h10-12H,4-9,13H2,1-3H3. The molecular formula is C12H26N2O3. The fourth-order valence-corrected chi connectivity index (χ4v) is 2.38. The molecule has 0 radical (unpaired) electrons. The van der Waals surface area contributed by atoms with Gasteiger partial charge in [0, 0.05) is 53.4 Å². The predicted octanol–water partition coefficient (Wildman–Crippen LogP) is 0.434. The molecule has 0 bridgehead atoms. The maximum atomic E-state index is 5.84. The maximum Gasteiger partial charge on any atom is 0.158 e. The van der Waals surface area contributed by atoms with E-state index in [0.29, 0.717) is 18.7 Å². The Morgan fingerprint density at radius 1 is 1.18 bits per heavy atom. The zero-order valence-electron chi connectivity index (χ0n) is 11.2. The van der Waals surface area contributed by atoms with Gasteiger partial charge in [0.15, 0.2) is 6.29 Å². The van der Waals surface area contributed by atoms with Crippen LogP contribution in [0.15, 0.2) is 0 Å². The number of likely N-dealkylation sites (tertiary alicyclic amines) is 1. The van der Waals surface area contributed by atoms with E-state index >= 15 is 0 Å². The largest absolute Gasteiger partial charge is 0.381 e. The summed E-state index contributed by atoms with van der Waals surface area (Å²) in [4.78, 5) is 2.42. The van der Waals surface area contributed by atoms with Crippen LogP contribution >= 0.6 is 0 Å². The van der Waals surface area contributed by atoms with Crippen LogP contribution in [0.1, 0.15) is 19.3 Å². The Hall–Kier alpha value is -0.200. The molecule has 5 heteroatoms. The minimum absolute atomic E-state index is 0.163. The van der Waals surface area contributed by atoms with Crippen LogP contribution in [-0.4, -0.2) is 64.3 Å². The van der Waals surface area contributed by atoms with E-state index < -0.39 is 0 Å². The number of hydrogen-bond donors (Lipinski definition) is 1. The van der Waals surface area contributed by atoms with Crippen LogP contribution in [0.2, 0.25) is 0 Å². The molecule has 1 fully saturated rings. The van der Waals surface area contributed by atoms with E-state index in [-0.39, 0.29) is 6.29 Å². The second-order valence-electron chi connectivity index (χ2n) is 4.50. The summed E-state index contributed by atoms with van der Waals surface area (Å²) < 4.78 is 15.8. The number of nitrogens with zero attached hydrogens (tertiary/aromatic N) is 1. The Bertz CT molecular complexity index is 192. The normalized spacial score (nSPS) is 21.0. The lowest BCUT2D eigenvalue weighted by Gasteiger charge is -2.37. The second kappa shape index (κ2) is 8.00. The number of methoxy groups -OCH3 is 3. The molecule has 102 valence electrons. The van der Waals surface area contributed by atoms with Gasteiger partial charge in [0.05, 0.1) is 6.10 Å². The average molecular weight is 246 g/mol. The highest BCUT2D eigenvalue weighted by Crippen LogP contribution is 2.18. The van der Waals surface area contributed by atoms with Crippen LogP contribution in [0, 0.1) is 0 Å². The molecule has 1 rings (SSSR count). The van der Waals surface area contributed by atoms with Gasteiger partial charge in [-0.05, 0) is 12.8 Å². The monoisotopic (exact) mass is 246 g/mol. The van der Waals surface area contributed by atoms with Crippen LogP contribution in [0.3, 0.4) is 0 Å². The highest BCUT2D eigenvalue weighted by Gasteiger charge is 2.26. The fourth-order valence-electron chi connectivity index (χ4n) is 2.38. The molecule has 0 saturated carbocycles. The average Bonchev–Trinajstić information content (AvgIpc) is 2.40. The van der Waals surface area contributed by atoms with E-state index in [4.69, 9.17) is 19.9 Å². The highest BCUT2D eigenvalue weighted by molar-refractivity contribution is 4.80. The van der Waals surface area contributed by atoms with Gasteiger partial charge in [-0.25, -0.2) is 0 Å². The molecule has 0 aromatic heterocycles. The molecular weight excluding hydrogens is 220 g/mol. The molecule has 1 unspecified atom stereocenters. The van der Waals surface area contributed by atoms with Crippen molar-refractivity contribution in [2.45, 2.75) is 37.7 Å². The van der Waals surface area contributed by atoms with Gasteiger partial charge in [-0.1, -0.05) is 0 Å². The van der Waals surface area contributed by atoms with Gasteiger partial charge in [-0.3, -0.25) is 4.90 Å². The lowest BCUT2D eigenvalue weighted by Crippen LogP contribution is -2.48. The molecule has 0 aliphatic carbocycles. The molecule has 0 amide bonds. The van der Waals surface area contributed by atoms with E-state index in [2.05, 4.69) is 4.90 Å². The summed E-state index contributed by atoms with van der Waals surface area (Å²) in [5.74, 6) is 0. The van der Waals surface area contributed by atoms with Gasteiger partial charge in [-0.15, -0.1) is 0 Å². The summed E-state index contributed by atoms with van der Waals surface area (Å²) in [5, 5.41) is 0. The topological polar surface area (TPSA) is 57.0 Å². The van der Waals surface area contributed by atoms with Crippen molar-refractivity contribution in [3.8, 4) is 0 Å². The van der Waals surface area contributed by atoms with Gasteiger partial charge in [-0.2, -0.15) is 0 Å². The predicted molar refractivity (Wildman–Crippen MR) is 66.9 cm³/mol. The summed E-state index contributed by atoms with van der Waals surface area (Å²) in [6, 6.07) is 0.331. The summed E-state index contributed by atoms with van der Waals surface area (Å²) in [7, 11) is 5.12. The van der Waals surface area contributed by atoms with Gasteiger partial charge in [0.25, 0.3) is 0 Å². The molecule has 1 aliphatic rings. The van der Waals surface area contributed by atoms with Gasteiger partial charge >= 0.3 is 0 Å². The van der Waals surface area contributed by atoms with Crippen molar-refractivity contribution in [3.05, 3.63) is 0 Å². The van der Waals surface area contributed by atoms with Crippen LogP contribution < -0.4 is 5.73 Å². The maximum absolute atomic E-state index is 5.84. The lowest BCUT2D eigenvalue weighted by atomic mass is 10.0. The third-order valence-electron chi connectivity index (χ3n) is 3.59. The second-order valence-corrected chi connectivity index (χ2v) is 4.50. The number of piperidine rings is 1. The van der Waals surface area contributed by atoms with Crippen LogP contribution in [0.5, 0.6) is 0 Å². The van der Waals surface area contributed by atoms with Crippen molar-refractivity contribution in [1.82, 2.24) is 4.90 Å². The Kier molecular flexibility index (Phi) is 6.99. The minimum Gasteiger partial charge on any atom is -0.381 e. The highest BCUT2D eigenvalue weighted by atomic mass is 16.7. The van der Waals surface area contributed by atoms with E-state index in [1.807, 2.05) is 0 Å². The van der Waals surface area contributed by atoms with E-state index in [1.165, 1.54) is 0 Å².